The first-order valence-electron chi connectivity index (χ1n) is 10.6. The highest BCUT2D eigenvalue weighted by molar-refractivity contribution is 6.05. The maximum absolute atomic E-state index is 12.8. The molecule has 32 heavy (non-hydrogen) atoms. The fourth-order valence-corrected chi connectivity index (χ4v) is 3.85. The Morgan fingerprint density at radius 2 is 1.62 bits per heavy atom. The van der Waals surface area contributed by atoms with Gasteiger partial charge < -0.3 is 10.2 Å². The Labute approximate surface area is 187 Å². The maximum atomic E-state index is 12.8. The number of carbonyl (C=O) groups is 3. The molecule has 7 heteroatoms. The SMILES string of the molecule is Cc1ccc(N2C[C@H](C(=O)Nc3cccc(C(=O)Nn4c(C)ccc4C)c3)CC2=O)cc1. The number of rotatable bonds is 5. The third-order valence-electron chi connectivity index (χ3n) is 5.72. The fraction of sp³-hybridized carbons (Fsp3) is 0.240. The third-order valence-corrected chi connectivity index (χ3v) is 5.72. The summed E-state index contributed by atoms with van der Waals surface area (Å²) < 4.78 is 1.72. The van der Waals surface area contributed by atoms with Crippen molar-refractivity contribution >= 4 is 29.1 Å². The maximum Gasteiger partial charge on any atom is 0.270 e. The summed E-state index contributed by atoms with van der Waals surface area (Å²) in [6.07, 6.45) is 0.159. The highest BCUT2D eigenvalue weighted by atomic mass is 16.2. The quantitative estimate of drug-likeness (QED) is 0.646. The molecule has 1 aliphatic heterocycles. The summed E-state index contributed by atoms with van der Waals surface area (Å²) >= 11 is 0. The van der Waals surface area contributed by atoms with Crippen LogP contribution in [-0.4, -0.2) is 28.9 Å². The Morgan fingerprint density at radius 1 is 0.938 bits per heavy atom. The molecule has 3 aromatic rings. The number of amides is 3. The molecule has 0 unspecified atom stereocenters. The summed E-state index contributed by atoms with van der Waals surface area (Å²) in [6.45, 7) is 6.14. The predicted octanol–water partition coefficient (Wildman–Crippen LogP) is 3.79. The molecule has 2 aromatic carbocycles. The Balaban J connectivity index is 1.42. The van der Waals surface area contributed by atoms with Gasteiger partial charge in [0.05, 0.1) is 5.92 Å². The van der Waals surface area contributed by atoms with Gasteiger partial charge in [-0.3, -0.25) is 24.5 Å². The van der Waals surface area contributed by atoms with Crippen LogP contribution in [-0.2, 0) is 9.59 Å². The molecule has 2 N–H and O–H groups in total. The summed E-state index contributed by atoms with van der Waals surface area (Å²) in [6, 6.07) is 18.3. The van der Waals surface area contributed by atoms with Crippen molar-refractivity contribution < 1.29 is 14.4 Å². The van der Waals surface area contributed by atoms with Crippen LogP contribution in [0.1, 0.15) is 33.7 Å². The monoisotopic (exact) mass is 430 g/mol. The Bertz CT molecular complexity index is 1160. The smallest absolute Gasteiger partial charge is 0.270 e. The summed E-state index contributed by atoms with van der Waals surface area (Å²) in [7, 11) is 0. The molecule has 1 saturated heterocycles. The average molecular weight is 431 g/mol. The zero-order valence-electron chi connectivity index (χ0n) is 18.4. The third kappa shape index (κ3) is 4.42. The van der Waals surface area contributed by atoms with Crippen molar-refractivity contribution in [1.82, 2.24) is 4.68 Å². The van der Waals surface area contributed by atoms with E-state index < -0.39 is 5.92 Å². The molecule has 3 amide bonds. The van der Waals surface area contributed by atoms with Crippen molar-refractivity contribution in [3.05, 3.63) is 83.2 Å². The van der Waals surface area contributed by atoms with Gasteiger partial charge in [0.1, 0.15) is 0 Å². The molecule has 0 bridgehead atoms. The zero-order chi connectivity index (χ0) is 22.8. The minimum absolute atomic E-state index is 0.0698. The van der Waals surface area contributed by atoms with Crippen LogP contribution in [0.25, 0.3) is 0 Å². The number of hydrogen-bond acceptors (Lipinski definition) is 3. The Hall–Kier alpha value is -3.87. The molecular weight excluding hydrogens is 404 g/mol. The summed E-state index contributed by atoms with van der Waals surface area (Å²) in [4.78, 5) is 39.6. The molecule has 0 spiro atoms. The largest absolute Gasteiger partial charge is 0.326 e. The van der Waals surface area contributed by atoms with E-state index >= 15 is 0 Å². The highest BCUT2D eigenvalue weighted by Crippen LogP contribution is 2.26. The van der Waals surface area contributed by atoms with Crippen LogP contribution in [0.2, 0.25) is 0 Å². The number of anilines is 2. The standard InChI is InChI=1S/C25H26N4O3/c1-16-7-11-22(12-8-16)28-15-20(14-23(28)30)24(31)26-21-6-4-5-19(13-21)25(32)27-29-17(2)9-10-18(29)3/h4-13,20H,14-15H2,1-3H3,(H,26,31)(H,27,32)/t20-/m1/s1. The van der Waals surface area contributed by atoms with E-state index in [1.54, 1.807) is 33.8 Å². The Kier molecular flexibility index (Phi) is 5.81. The number of nitrogens with one attached hydrogen (secondary N) is 2. The lowest BCUT2D eigenvalue weighted by atomic mass is 10.1. The van der Waals surface area contributed by atoms with Crippen LogP contribution in [0.5, 0.6) is 0 Å². The molecule has 2 heterocycles. The van der Waals surface area contributed by atoms with Gasteiger partial charge in [-0.25, -0.2) is 0 Å². The molecule has 0 aliphatic carbocycles. The van der Waals surface area contributed by atoms with Crippen molar-refractivity contribution in [3.63, 3.8) is 0 Å². The van der Waals surface area contributed by atoms with Gasteiger partial charge in [-0.1, -0.05) is 23.8 Å². The van der Waals surface area contributed by atoms with Crippen LogP contribution in [0.3, 0.4) is 0 Å². The van der Waals surface area contributed by atoms with Gasteiger partial charge in [-0.15, -0.1) is 0 Å². The van der Waals surface area contributed by atoms with Gasteiger partial charge in [-0.05, 0) is 63.2 Å². The minimum Gasteiger partial charge on any atom is -0.326 e. The van der Waals surface area contributed by atoms with Crippen LogP contribution in [0, 0.1) is 26.7 Å². The van der Waals surface area contributed by atoms with E-state index in [1.807, 2.05) is 57.2 Å². The second-order valence-electron chi connectivity index (χ2n) is 8.20. The van der Waals surface area contributed by atoms with Gasteiger partial charge in [0.2, 0.25) is 11.8 Å². The number of aryl methyl sites for hydroxylation is 3. The normalized spacial score (nSPS) is 15.7. The van der Waals surface area contributed by atoms with Crippen LogP contribution >= 0.6 is 0 Å². The number of carbonyl (C=O) groups excluding carboxylic acids is 3. The van der Waals surface area contributed by atoms with E-state index in [1.165, 1.54) is 0 Å². The Morgan fingerprint density at radius 3 is 2.31 bits per heavy atom. The number of benzene rings is 2. The second kappa shape index (κ2) is 8.70. The van der Waals surface area contributed by atoms with Gasteiger partial charge in [-0.2, -0.15) is 0 Å². The van der Waals surface area contributed by atoms with Crippen LogP contribution in [0.4, 0.5) is 11.4 Å². The first kappa shape index (κ1) is 21.4. The molecule has 1 aromatic heterocycles. The first-order valence-corrected chi connectivity index (χ1v) is 10.6. The second-order valence-corrected chi connectivity index (χ2v) is 8.20. The molecule has 1 atom stereocenters. The molecule has 164 valence electrons. The lowest BCUT2D eigenvalue weighted by Crippen LogP contribution is -2.28. The van der Waals surface area contributed by atoms with E-state index in [2.05, 4.69) is 10.7 Å². The van der Waals surface area contributed by atoms with E-state index in [0.717, 1.165) is 22.6 Å². The van der Waals surface area contributed by atoms with Crippen molar-refractivity contribution in [2.45, 2.75) is 27.2 Å². The highest BCUT2D eigenvalue weighted by Gasteiger charge is 2.35. The molecule has 7 nitrogen and oxygen atoms in total. The van der Waals surface area contributed by atoms with E-state index in [0.29, 0.717) is 17.8 Å². The van der Waals surface area contributed by atoms with Crippen molar-refractivity contribution in [1.29, 1.82) is 0 Å². The summed E-state index contributed by atoms with van der Waals surface area (Å²) in [5, 5.41) is 2.86. The minimum atomic E-state index is -0.452. The lowest BCUT2D eigenvalue weighted by molar-refractivity contribution is -0.122. The lowest BCUT2D eigenvalue weighted by Gasteiger charge is -2.17. The molecular formula is C25H26N4O3. The number of hydrogen-bond donors (Lipinski definition) is 2. The number of nitrogens with zero attached hydrogens (tertiary/aromatic N) is 2. The molecule has 1 aliphatic rings. The van der Waals surface area contributed by atoms with Gasteiger partial charge in [0.15, 0.2) is 0 Å². The average Bonchev–Trinajstić information content (AvgIpc) is 3.31. The fourth-order valence-electron chi connectivity index (χ4n) is 3.85. The van der Waals surface area contributed by atoms with Gasteiger partial charge in [0, 0.05) is 41.3 Å². The topological polar surface area (TPSA) is 83.4 Å². The summed E-state index contributed by atoms with van der Waals surface area (Å²) in [5.74, 6) is -1.03. The summed E-state index contributed by atoms with van der Waals surface area (Å²) in [5.41, 5.74) is 7.56. The van der Waals surface area contributed by atoms with Crippen molar-refractivity contribution in [2.24, 2.45) is 5.92 Å². The van der Waals surface area contributed by atoms with E-state index in [-0.39, 0.29) is 24.1 Å². The van der Waals surface area contributed by atoms with Gasteiger partial charge in [0.25, 0.3) is 5.91 Å². The molecule has 0 saturated carbocycles. The van der Waals surface area contributed by atoms with Crippen molar-refractivity contribution in [2.75, 3.05) is 22.2 Å². The van der Waals surface area contributed by atoms with Crippen LogP contribution in [0.15, 0.2) is 60.7 Å². The molecule has 1 fully saturated rings. The number of aromatic nitrogens is 1. The molecule has 4 rings (SSSR count). The predicted molar refractivity (Wildman–Crippen MR) is 124 cm³/mol. The molecule has 0 radical (unpaired) electrons. The zero-order valence-corrected chi connectivity index (χ0v) is 18.4. The van der Waals surface area contributed by atoms with E-state index in [9.17, 15) is 14.4 Å². The first-order chi connectivity index (χ1) is 15.3. The van der Waals surface area contributed by atoms with Crippen LogP contribution < -0.4 is 15.6 Å². The van der Waals surface area contributed by atoms with E-state index in [4.69, 9.17) is 0 Å². The van der Waals surface area contributed by atoms with Gasteiger partial charge >= 0.3 is 0 Å². The van der Waals surface area contributed by atoms with Crippen molar-refractivity contribution in [3.8, 4) is 0 Å².